The summed E-state index contributed by atoms with van der Waals surface area (Å²) in [4.78, 5) is 5.38. The van der Waals surface area contributed by atoms with Gasteiger partial charge in [0.2, 0.25) is 0 Å². The van der Waals surface area contributed by atoms with Crippen LogP contribution in [0.25, 0.3) is 0 Å². The molecule has 2 fully saturated rings. The molecule has 0 aromatic heterocycles. The third kappa shape index (κ3) is 2.65. The number of rotatable bonds is 3. The van der Waals surface area contributed by atoms with Crippen molar-refractivity contribution >= 4 is 11.8 Å². The molecule has 14 heavy (non-hydrogen) atoms. The van der Waals surface area contributed by atoms with Crippen LogP contribution in [0.5, 0.6) is 0 Å². The van der Waals surface area contributed by atoms with Gasteiger partial charge in [0.25, 0.3) is 0 Å². The van der Waals surface area contributed by atoms with E-state index < -0.39 is 0 Å². The van der Waals surface area contributed by atoms with E-state index in [4.69, 9.17) is 0 Å². The van der Waals surface area contributed by atoms with Crippen molar-refractivity contribution < 1.29 is 0 Å². The van der Waals surface area contributed by atoms with Crippen molar-refractivity contribution in [2.75, 3.05) is 44.7 Å². The lowest BCUT2D eigenvalue weighted by Gasteiger charge is -2.25. The molecule has 0 radical (unpaired) electrons. The molecule has 2 heterocycles. The molecule has 0 saturated carbocycles. The van der Waals surface area contributed by atoms with Gasteiger partial charge in [0.1, 0.15) is 0 Å². The predicted octanol–water partition coefficient (Wildman–Crippen LogP) is 1.52. The first-order valence-corrected chi connectivity index (χ1v) is 7.25. The van der Waals surface area contributed by atoms with Crippen molar-refractivity contribution in [1.82, 2.24) is 9.80 Å². The third-order valence-electron chi connectivity index (χ3n) is 3.50. The van der Waals surface area contributed by atoms with Gasteiger partial charge in [-0.25, -0.2) is 0 Å². The van der Waals surface area contributed by atoms with Crippen LogP contribution in [0.1, 0.15) is 19.3 Å². The summed E-state index contributed by atoms with van der Waals surface area (Å²) in [6, 6.07) is 0.888. The molecule has 0 aliphatic carbocycles. The highest BCUT2D eigenvalue weighted by molar-refractivity contribution is 7.98. The van der Waals surface area contributed by atoms with Gasteiger partial charge in [0.15, 0.2) is 0 Å². The minimum atomic E-state index is 0.888. The molecule has 1 atom stereocenters. The minimum Gasteiger partial charge on any atom is -0.301 e. The molecular weight excluding hydrogens is 192 g/mol. The lowest BCUT2D eigenvalue weighted by molar-refractivity contribution is 0.227. The Bertz CT molecular complexity index is 173. The van der Waals surface area contributed by atoms with E-state index in [9.17, 15) is 0 Å². The maximum Gasteiger partial charge on any atom is 0.0223 e. The summed E-state index contributed by atoms with van der Waals surface area (Å²) in [5, 5.41) is 0. The molecule has 0 amide bonds. The van der Waals surface area contributed by atoms with Crippen molar-refractivity contribution in [2.45, 2.75) is 25.3 Å². The fourth-order valence-corrected chi connectivity index (χ4v) is 3.15. The second-order valence-electron chi connectivity index (χ2n) is 4.48. The van der Waals surface area contributed by atoms with E-state index in [1.54, 1.807) is 0 Å². The van der Waals surface area contributed by atoms with E-state index in [0.717, 1.165) is 6.04 Å². The van der Waals surface area contributed by atoms with Crippen LogP contribution >= 0.6 is 11.8 Å². The lowest BCUT2D eigenvalue weighted by Crippen LogP contribution is -2.37. The monoisotopic (exact) mass is 214 g/mol. The first-order chi connectivity index (χ1) is 6.90. The zero-order valence-electron chi connectivity index (χ0n) is 9.24. The Hall–Kier alpha value is 0.270. The molecule has 2 saturated heterocycles. The van der Waals surface area contributed by atoms with Gasteiger partial charge in [-0.1, -0.05) is 0 Å². The Morgan fingerprint density at radius 2 is 2.07 bits per heavy atom. The summed E-state index contributed by atoms with van der Waals surface area (Å²) >= 11 is 1.97. The molecular formula is C11H22N2S. The van der Waals surface area contributed by atoms with Gasteiger partial charge in [-0.2, -0.15) is 11.8 Å². The van der Waals surface area contributed by atoms with Gasteiger partial charge in [-0.3, -0.25) is 4.90 Å². The lowest BCUT2D eigenvalue weighted by atomic mass is 10.2. The second kappa shape index (κ2) is 5.38. The molecule has 2 aliphatic rings. The van der Waals surface area contributed by atoms with E-state index in [0.29, 0.717) is 0 Å². The topological polar surface area (TPSA) is 6.48 Å². The Morgan fingerprint density at radius 1 is 1.21 bits per heavy atom. The quantitative estimate of drug-likeness (QED) is 0.703. The van der Waals surface area contributed by atoms with Crippen LogP contribution in [0.15, 0.2) is 0 Å². The second-order valence-corrected chi connectivity index (χ2v) is 5.46. The van der Waals surface area contributed by atoms with E-state index in [2.05, 4.69) is 16.1 Å². The van der Waals surface area contributed by atoms with Gasteiger partial charge >= 0.3 is 0 Å². The molecule has 2 aliphatic heterocycles. The Kier molecular flexibility index (Phi) is 4.14. The molecule has 0 aromatic rings. The van der Waals surface area contributed by atoms with Crippen LogP contribution in [0.3, 0.4) is 0 Å². The molecule has 0 bridgehead atoms. The zero-order valence-corrected chi connectivity index (χ0v) is 10.1. The summed E-state index contributed by atoms with van der Waals surface area (Å²) in [5.74, 6) is 1.30. The number of thioether (sulfide) groups is 1. The average Bonchev–Trinajstić information content (AvgIpc) is 2.54. The maximum atomic E-state index is 2.71. The van der Waals surface area contributed by atoms with Crippen LogP contribution in [0, 0.1) is 0 Å². The molecule has 0 spiro atoms. The molecule has 82 valence electrons. The van der Waals surface area contributed by atoms with E-state index in [-0.39, 0.29) is 0 Å². The first-order valence-electron chi connectivity index (χ1n) is 5.85. The standard InChI is InChI=1S/C11H22N2S/c1-14-9-8-12-5-3-7-13-6-2-4-11(13)10-12/h11H,2-10H2,1H3. The Balaban J connectivity index is 1.82. The number of hydrogen-bond donors (Lipinski definition) is 0. The van der Waals surface area contributed by atoms with Crippen molar-refractivity contribution in [3.05, 3.63) is 0 Å². The predicted molar refractivity (Wildman–Crippen MR) is 64.0 cm³/mol. The van der Waals surface area contributed by atoms with Crippen LogP contribution in [-0.4, -0.2) is 60.6 Å². The molecule has 0 aromatic carbocycles. The van der Waals surface area contributed by atoms with Crippen LogP contribution in [0.2, 0.25) is 0 Å². The summed E-state index contributed by atoms with van der Waals surface area (Å²) in [6.45, 7) is 6.67. The number of hydrogen-bond acceptors (Lipinski definition) is 3. The smallest absolute Gasteiger partial charge is 0.0223 e. The van der Waals surface area contributed by atoms with E-state index in [1.807, 2.05) is 11.8 Å². The normalized spacial score (nSPS) is 30.2. The van der Waals surface area contributed by atoms with Crippen LogP contribution in [0.4, 0.5) is 0 Å². The minimum absolute atomic E-state index is 0.888. The van der Waals surface area contributed by atoms with Gasteiger partial charge < -0.3 is 4.90 Å². The highest BCUT2D eigenvalue weighted by Gasteiger charge is 2.28. The fourth-order valence-electron chi connectivity index (χ4n) is 2.71. The van der Waals surface area contributed by atoms with Crippen molar-refractivity contribution in [3.8, 4) is 0 Å². The summed E-state index contributed by atoms with van der Waals surface area (Å²) < 4.78 is 0. The number of fused-ring (bicyclic) bond motifs is 1. The maximum absolute atomic E-state index is 2.71. The fraction of sp³-hybridized carbons (Fsp3) is 1.00. The van der Waals surface area contributed by atoms with Gasteiger partial charge in [-0.05, 0) is 45.2 Å². The largest absolute Gasteiger partial charge is 0.301 e. The number of nitrogens with zero attached hydrogens (tertiary/aromatic N) is 2. The molecule has 3 heteroatoms. The third-order valence-corrected chi connectivity index (χ3v) is 4.09. The molecule has 1 unspecified atom stereocenters. The highest BCUT2D eigenvalue weighted by Crippen LogP contribution is 2.21. The summed E-state index contributed by atoms with van der Waals surface area (Å²) in [5.41, 5.74) is 0. The average molecular weight is 214 g/mol. The molecule has 0 N–H and O–H groups in total. The summed E-state index contributed by atoms with van der Waals surface area (Å²) in [7, 11) is 0. The van der Waals surface area contributed by atoms with Gasteiger partial charge in [0, 0.05) is 24.9 Å². The van der Waals surface area contributed by atoms with Crippen LogP contribution in [-0.2, 0) is 0 Å². The van der Waals surface area contributed by atoms with Crippen LogP contribution < -0.4 is 0 Å². The first kappa shape index (κ1) is 10.8. The molecule has 2 nitrogen and oxygen atoms in total. The summed E-state index contributed by atoms with van der Waals surface area (Å²) in [6.07, 6.45) is 6.46. The molecule has 2 rings (SSSR count). The van der Waals surface area contributed by atoms with Crippen molar-refractivity contribution in [2.24, 2.45) is 0 Å². The van der Waals surface area contributed by atoms with E-state index in [1.165, 1.54) is 57.7 Å². The van der Waals surface area contributed by atoms with Gasteiger partial charge in [-0.15, -0.1) is 0 Å². The zero-order chi connectivity index (χ0) is 9.80. The van der Waals surface area contributed by atoms with E-state index >= 15 is 0 Å². The SMILES string of the molecule is CSCCN1CCCN2CCCC2C1. The van der Waals surface area contributed by atoms with Gasteiger partial charge in [0.05, 0.1) is 0 Å². The van der Waals surface area contributed by atoms with Crippen molar-refractivity contribution in [1.29, 1.82) is 0 Å². The Labute approximate surface area is 92.0 Å². The Morgan fingerprint density at radius 3 is 2.93 bits per heavy atom. The van der Waals surface area contributed by atoms with Crippen molar-refractivity contribution in [3.63, 3.8) is 0 Å². The highest BCUT2D eigenvalue weighted by atomic mass is 32.2.